The van der Waals surface area contributed by atoms with Gasteiger partial charge in [-0.3, -0.25) is 4.99 Å². The fraction of sp³-hybridized carbons (Fsp3) is 0.442. The summed E-state index contributed by atoms with van der Waals surface area (Å²) in [7, 11) is 0. The molecule has 0 saturated carbocycles. The first-order valence-electron chi connectivity index (χ1n) is 18.4. The Bertz CT molecular complexity index is 1980. The molecule has 4 heterocycles. The third kappa shape index (κ3) is 14.5. The predicted octanol–water partition coefficient (Wildman–Crippen LogP) is 14.2. The third-order valence-electron chi connectivity index (χ3n) is 8.67. The molecule has 0 spiro atoms. The van der Waals surface area contributed by atoms with E-state index >= 15 is 0 Å². The number of para-hydroxylation sites is 2. The number of nitrogens with one attached hydrogen (secondary N) is 1. The van der Waals surface area contributed by atoms with Crippen molar-refractivity contribution < 1.29 is 26.3 Å². The fourth-order valence-corrected chi connectivity index (χ4v) is 7.69. The first-order chi connectivity index (χ1) is 26.5. The summed E-state index contributed by atoms with van der Waals surface area (Å²) in [6.07, 6.45) is -7.14. The number of nitrogens with zero attached hydrogens (tertiary/aromatic N) is 5. The summed E-state index contributed by atoms with van der Waals surface area (Å²) >= 11 is 8.72. The zero-order valence-electron chi connectivity index (χ0n) is 33.3. The van der Waals surface area contributed by atoms with Crippen LogP contribution in [-0.4, -0.2) is 44.9 Å². The molecule has 2 aromatic heterocycles. The summed E-state index contributed by atoms with van der Waals surface area (Å²) in [4.78, 5) is 18.8. The number of alkyl halides is 6. The quantitative estimate of drug-likeness (QED) is 0.159. The molecule has 0 atom stereocenters. The van der Waals surface area contributed by atoms with E-state index in [4.69, 9.17) is 16.6 Å². The second-order valence-corrected chi connectivity index (χ2v) is 18.2. The minimum atomic E-state index is -4.39. The first kappa shape index (κ1) is 48.6. The van der Waals surface area contributed by atoms with Crippen LogP contribution in [-0.2, 0) is 12.4 Å². The standard InChI is InChI=1S/C21H24F3N3S.C15H22N2S.C6H3ClF3N.CH4/c1-14(2)16-7-5-6-8-17(16)26-19-27(12-20(3,4)13-28-19)18-10-9-15(11-25-18)21(22,23)24;1-11(2)12-7-5-6-8-13(12)17-14-16-9-15(3,4)10-18-14;7-5-2-1-4(3-11-5)6(8,9)10;/h5-11,14H,12-13H2,1-4H3;5-8,11H,9-10H2,1-4H3,(H,16,17);1-3H;1H4. The molecule has 1 fully saturated rings. The number of aromatic nitrogens is 2. The summed E-state index contributed by atoms with van der Waals surface area (Å²) in [5.41, 5.74) is 3.35. The summed E-state index contributed by atoms with van der Waals surface area (Å²) in [6, 6.07) is 21.0. The zero-order chi connectivity index (χ0) is 42.2. The Balaban J connectivity index is 0.000000256. The van der Waals surface area contributed by atoms with E-state index in [0.717, 1.165) is 64.0 Å². The van der Waals surface area contributed by atoms with Crippen LogP contribution in [0.15, 0.2) is 95.2 Å². The topological polar surface area (TPSA) is 65.8 Å². The van der Waals surface area contributed by atoms with Gasteiger partial charge in [-0.25, -0.2) is 15.0 Å². The molecule has 4 aromatic rings. The van der Waals surface area contributed by atoms with Crippen molar-refractivity contribution in [2.45, 2.75) is 87.0 Å². The summed E-state index contributed by atoms with van der Waals surface area (Å²) in [6.45, 7) is 19.0. The largest absolute Gasteiger partial charge is 0.417 e. The predicted molar refractivity (Wildman–Crippen MR) is 234 cm³/mol. The monoisotopic (exact) mass is 866 g/mol. The fourth-order valence-electron chi connectivity index (χ4n) is 5.53. The number of halogens is 7. The molecule has 2 aromatic carbocycles. The van der Waals surface area contributed by atoms with Crippen molar-refractivity contribution in [1.29, 1.82) is 0 Å². The Hall–Kier alpha value is -3.75. The first-order valence-corrected chi connectivity index (χ1v) is 20.7. The van der Waals surface area contributed by atoms with Gasteiger partial charge in [0.05, 0.1) is 16.8 Å². The Kier molecular flexibility index (Phi) is 17.2. The van der Waals surface area contributed by atoms with Crippen molar-refractivity contribution in [3.05, 3.63) is 113 Å². The van der Waals surface area contributed by atoms with Gasteiger partial charge >= 0.3 is 12.4 Å². The average Bonchev–Trinajstić information content (AvgIpc) is 3.13. The van der Waals surface area contributed by atoms with Crippen LogP contribution in [0.1, 0.15) is 96.9 Å². The van der Waals surface area contributed by atoms with E-state index in [1.807, 2.05) is 34.9 Å². The number of thioether (sulfide) groups is 2. The lowest BCUT2D eigenvalue weighted by Gasteiger charge is -2.38. The lowest BCUT2D eigenvalue weighted by molar-refractivity contribution is -0.138. The molecule has 0 unspecified atom stereocenters. The minimum Gasteiger partial charge on any atom is -0.335 e. The number of aliphatic imine (C=N–C) groups is 2. The molecule has 316 valence electrons. The summed E-state index contributed by atoms with van der Waals surface area (Å²) < 4.78 is 74.2. The number of benzene rings is 2. The van der Waals surface area contributed by atoms with Crippen molar-refractivity contribution >= 4 is 62.7 Å². The number of amidine groups is 2. The van der Waals surface area contributed by atoms with Crippen LogP contribution < -0.4 is 10.2 Å². The molecule has 2 aliphatic heterocycles. The lowest BCUT2D eigenvalue weighted by atomic mass is 9.95. The van der Waals surface area contributed by atoms with E-state index in [-0.39, 0.29) is 18.0 Å². The maximum atomic E-state index is 12.9. The SMILES string of the molecule is C.CC(C)c1ccccc1N=C1SCC(C)(C)CN1c1ccc(C(F)(F)F)cn1.CC(C)c1ccccc1NC1=NCC(C)(C)CS1.FC(F)(F)c1ccc(Cl)nc1. The van der Waals surface area contributed by atoms with Crippen molar-refractivity contribution in [2.75, 3.05) is 34.8 Å². The summed E-state index contributed by atoms with van der Waals surface area (Å²) in [5, 5.41) is 5.36. The second kappa shape index (κ2) is 20.5. The zero-order valence-corrected chi connectivity index (χ0v) is 35.7. The van der Waals surface area contributed by atoms with Gasteiger partial charge in [-0.1, -0.05) is 134 Å². The molecule has 2 aliphatic rings. The second-order valence-electron chi connectivity index (χ2n) is 15.9. The molecule has 0 amide bonds. The van der Waals surface area contributed by atoms with Gasteiger partial charge in [0.25, 0.3) is 0 Å². The van der Waals surface area contributed by atoms with Gasteiger partial charge in [0.2, 0.25) is 0 Å². The third-order valence-corrected chi connectivity index (χ3v) is 11.8. The molecule has 0 bridgehead atoms. The van der Waals surface area contributed by atoms with Gasteiger partial charge in [0, 0.05) is 42.7 Å². The van der Waals surface area contributed by atoms with Crippen LogP contribution >= 0.6 is 35.1 Å². The summed E-state index contributed by atoms with van der Waals surface area (Å²) in [5.74, 6) is 3.34. The van der Waals surface area contributed by atoms with Crippen LogP contribution in [0.5, 0.6) is 0 Å². The Morgan fingerprint density at radius 1 is 0.724 bits per heavy atom. The van der Waals surface area contributed by atoms with Crippen molar-refractivity contribution in [3.8, 4) is 0 Å². The molecule has 1 N–H and O–H groups in total. The molecule has 6 nitrogen and oxygen atoms in total. The smallest absolute Gasteiger partial charge is 0.335 e. The van der Waals surface area contributed by atoms with Crippen LogP contribution in [0, 0.1) is 10.8 Å². The van der Waals surface area contributed by atoms with E-state index < -0.39 is 23.5 Å². The van der Waals surface area contributed by atoms with E-state index in [1.54, 1.807) is 11.8 Å². The highest BCUT2D eigenvalue weighted by atomic mass is 35.5. The molecule has 58 heavy (non-hydrogen) atoms. The van der Waals surface area contributed by atoms with Gasteiger partial charge < -0.3 is 10.2 Å². The van der Waals surface area contributed by atoms with Gasteiger partial charge in [-0.15, -0.1) is 0 Å². The van der Waals surface area contributed by atoms with Gasteiger partial charge in [-0.2, -0.15) is 26.3 Å². The van der Waals surface area contributed by atoms with Crippen LogP contribution in [0.2, 0.25) is 5.15 Å². The van der Waals surface area contributed by atoms with E-state index in [9.17, 15) is 26.3 Å². The number of hydrogen-bond donors (Lipinski definition) is 1. The minimum absolute atomic E-state index is 0. The number of pyridine rings is 2. The van der Waals surface area contributed by atoms with E-state index in [2.05, 4.69) is 106 Å². The van der Waals surface area contributed by atoms with Gasteiger partial charge in [-0.05, 0) is 70.2 Å². The molecule has 1 saturated heterocycles. The lowest BCUT2D eigenvalue weighted by Crippen LogP contribution is -2.44. The number of hydrogen-bond acceptors (Lipinski definition) is 7. The Morgan fingerprint density at radius 3 is 1.79 bits per heavy atom. The van der Waals surface area contributed by atoms with Crippen LogP contribution in [0.25, 0.3) is 0 Å². The molecule has 6 rings (SSSR count). The average molecular weight is 868 g/mol. The number of rotatable bonds is 5. The highest BCUT2D eigenvalue weighted by Crippen LogP contribution is 2.38. The molecule has 0 aliphatic carbocycles. The molecule has 15 heteroatoms. The van der Waals surface area contributed by atoms with E-state index in [0.29, 0.717) is 35.8 Å². The van der Waals surface area contributed by atoms with Gasteiger partial charge in [0.15, 0.2) is 10.3 Å². The van der Waals surface area contributed by atoms with Crippen LogP contribution in [0.3, 0.4) is 0 Å². The van der Waals surface area contributed by atoms with E-state index in [1.165, 1.54) is 17.3 Å². The maximum absolute atomic E-state index is 12.9. The molecular weight excluding hydrogens is 814 g/mol. The molecular formula is C43H53ClF6N6S2. The highest BCUT2D eigenvalue weighted by molar-refractivity contribution is 8.14. The Labute approximate surface area is 352 Å². The number of anilines is 2. The molecule has 0 radical (unpaired) electrons. The normalized spacial score (nSPS) is 17.0. The highest BCUT2D eigenvalue weighted by Gasteiger charge is 2.35. The van der Waals surface area contributed by atoms with Gasteiger partial charge in [0.1, 0.15) is 11.0 Å². The van der Waals surface area contributed by atoms with Crippen molar-refractivity contribution in [3.63, 3.8) is 0 Å². The van der Waals surface area contributed by atoms with Crippen molar-refractivity contribution in [1.82, 2.24) is 9.97 Å². The van der Waals surface area contributed by atoms with Crippen LogP contribution in [0.4, 0.5) is 43.5 Å². The maximum Gasteiger partial charge on any atom is 0.417 e. The Morgan fingerprint density at radius 2 is 1.28 bits per heavy atom. The van der Waals surface area contributed by atoms with Crippen molar-refractivity contribution in [2.24, 2.45) is 20.8 Å².